The Labute approximate surface area is 190 Å². The molecule has 1 aliphatic rings. The van der Waals surface area contributed by atoms with Gasteiger partial charge in [-0.25, -0.2) is 0 Å². The molecule has 2 nitrogen and oxygen atoms in total. The van der Waals surface area contributed by atoms with Gasteiger partial charge in [-0.05, 0) is 80.5 Å². The average molecular weight is 423 g/mol. The van der Waals surface area contributed by atoms with Crippen molar-refractivity contribution in [1.82, 2.24) is 0 Å². The number of ether oxygens (including phenoxy) is 1. The zero-order valence-corrected chi connectivity index (χ0v) is 21.1. The Kier molecular flexibility index (Phi) is 6.23. The third-order valence-corrected chi connectivity index (χ3v) is 7.48. The summed E-state index contributed by atoms with van der Waals surface area (Å²) in [6.45, 7) is 21.2. The molecule has 0 radical (unpaired) electrons. The van der Waals surface area contributed by atoms with Crippen LogP contribution in [0.4, 0.5) is 0 Å². The van der Waals surface area contributed by atoms with E-state index in [0.717, 1.165) is 19.4 Å². The van der Waals surface area contributed by atoms with E-state index in [-0.39, 0.29) is 28.5 Å². The summed E-state index contributed by atoms with van der Waals surface area (Å²) < 4.78 is 6.22. The van der Waals surface area contributed by atoms with Gasteiger partial charge >= 0.3 is 0 Å². The summed E-state index contributed by atoms with van der Waals surface area (Å²) >= 11 is 0. The highest BCUT2D eigenvalue weighted by molar-refractivity contribution is 5.83. The van der Waals surface area contributed by atoms with Gasteiger partial charge in [0.15, 0.2) is 0 Å². The van der Waals surface area contributed by atoms with Gasteiger partial charge < -0.3 is 9.84 Å². The third kappa shape index (κ3) is 3.98. The molecule has 0 heterocycles. The molecule has 0 amide bonds. The van der Waals surface area contributed by atoms with E-state index in [1.165, 1.54) is 33.4 Å². The normalized spacial score (nSPS) is 15.7. The first-order valence-electron chi connectivity index (χ1n) is 11.7. The molecular weight excluding hydrogens is 380 g/mol. The van der Waals surface area contributed by atoms with Crippen LogP contribution >= 0.6 is 0 Å². The summed E-state index contributed by atoms with van der Waals surface area (Å²) in [5.74, 6) is 0. The molecule has 1 N–H and O–H groups in total. The van der Waals surface area contributed by atoms with E-state index in [4.69, 9.17) is 4.74 Å². The number of benzene rings is 2. The molecule has 3 rings (SSSR count). The maximum absolute atomic E-state index is 10.1. The zero-order valence-electron chi connectivity index (χ0n) is 21.1. The molecule has 0 unspecified atom stereocenters. The lowest BCUT2D eigenvalue weighted by Crippen LogP contribution is -2.53. The summed E-state index contributed by atoms with van der Waals surface area (Å²) in [6, 6.07) is 13.9. The molecule has 0 bridgehead atoms. The number of aliphatic hydroxyl groups is 1. The zero-order chi connectivity index (χ0) is 23.2. The summed E-state index contributed by atoms with van der Waals surface area (Å²) in [5.41, 5.74) is 7.47. The lowest BCUT2D eigenvalue weighted by atomic mass is 9.47. The topological polar surface area (TPSA) is 29.5 Å². The van der Waals surface area contributed by atoms with Gasteiger partial charge in [-0.2, -0.15) is 0 Å². The molecule has 0 aromatic heterocycles. The largest absolute Gasteiger partial charge is 0.396 e. The van der Waals surface area contributed by atoms with Crippen LogP contribution in [-0.2, 0) is 10.2 Å². The molecule has 2 aromatic rings. The second kappa shape index (κ2) is 8.05. The van der Waals surface area contributed by atoms with Gasteiger partial charge in [-0.1, -0.05) is 75.2 Å². The SMILES string of the molecule is Cc1ccc2c(c1)C(C(C)(C)CCO)(C(C)(C)CCOC(C)(C)C)c1cc(C)ccc1-2. The Balaban J connectivity index is 2.31. The smallest absolute Gasteiger partial charge is 0.0598 e. The van der Waals surface area contributed by atoms with Gasteiger partial charge in [0.2, 0.25) is 0 Å². The molecule has 2 aromatic carbocycles. The minimum absolute atomic E-state index is 0.0848. The second-order valence-corrected chi connectivity index (χ2v) is 11.8. The summed E-state index contributed by atoms with van der Waals surface area (Å²) in [4.78, 5) is 0. The molecule has 1 aliphatic carbocycles. The van der Waals surface area contributed by atoms with Crippen LogP contribution in [0.3, 0.4) is 0 Å². The fraction of sp³-hybridized carbons (Fsp3) is 0.586. The molecule has 0 saturated carbocycles. The van der Waals surface area contributed by atoms with E-state index in [0.29, 0.717) is 0 Å². The molecular formula is C29H42O2. The van der Waals surface area contributed by atoms with E-state index in [9.17, 15) is 5.11 Å². The molecule has 2 heteroatoms. The van der Waals surface area contributed by atoms with Crippen molar-refractivity contribution in [3.05, 3.63) is 58.7 Å². The molecule has 0 atom stereocenters. The fourth-order valence-corrected chi connectivity index (χ4v) is 6.19. The maximum atomic E-state index is 10.1. The van der Waals surface area contributed by atoms with Crippen molar-refractivity contribution in [2.45, 2.75) is 86.2 Å². The van der Waals surface area contributed by atoms with Crippen LogP contribution in [0, 0.1) is 24.7 Å². The van der Waals surface area contributed by atoms with Crippen LogP contribution in [0.25, 0.3) is 11.1 Å². The quantitative estimate of drug-likeness (QED) is 0.511. The number of hydrogen-bond donors (Lipinski definition) is 1. The van der Waals surface area contributed by atoms with Crippen LogP contribution in [0.15, 0.2) is 36.4 Å². The van der Waals surface area contributed by atoms with E-state index in [1.54, 1.807) is 0 Å². The average Bonchev–Trinajstić information content (AvgIpc) is 2.90. The Morgan fingerprint density at radius 1 is 0.742 bits per heavy atom. The molecule has 0 saturated heterocycles. The first-order valence-corrected chi connectivity index (χ1v) is 11.7. The van der Waals surface area contributed by atoms with Crippen molar-refractivity contribution in [2.24, 2.45) is 10.8 Å². The van der Waals surface area contributed by atoms with Crippen LogP contribution in [-0.4, -0.2) is 23.9 Å². The highest BCUT2D eigenvalue weighted by Crippen LogP contribution is 2.66. The van der Waals surface area contributed by atoms with E-state index in [1.807, 2.05) is 0 Å². The monoisotopic (exact) mass is 422 g/mol. The predicted octanol–water partition coefficient (Wildman–Crippen LogP) is 7.21. The second-order valence-electron chi connectivity index (χ2n) is 11.8. The van der Waals surface area contributed by atoms with E-state index in [2.05, 4.69) is 98.7 Å². The first kappa shape index (κ1) is 24.0. The lowest BCUT2D eigenvalue weighted by Gasteiger charge is -2.56. The standard InChI is InChI=1S/C29H42O2/c1-20-10-12-22-23-13-11-21(2)19-25(23)29(24(22)18-20,27(6,7)14-16-30)28(8,9)15-17-31-26(3,4)5/h10-13,18-19,30H,14-17H2,1-9H3. The summed E-state index contributed by atoms with van der Waals surface area (Å²) in [6.07, 6.45) is 1.69. The van der Waals surface area contributed by atoms with Gasteiger partial charge in [0.1, 0.15) is 0 Å². The summed E-state index contributed by atoms with van der Waals surface area (Å²) in [7, 11) is 0. The van der Waals surface area contributed by atoms with Crippen LogP contribution in [0.5, 0.6) is 0 Å². The summed E-state index contributed by atoms with van der Waals surface area (Å²) in [5, 5.41) is 10.1. The number of rotatable bonds is 7. The Morgan fingerprint density at radius 3 is 1.61 bits per heavy atom. The van der Waals surface area contributed by atoms with Crippen molar-refractivity contribution in [3.8, 4) is 11.1 Å². The van der Waals surface area contributed by atoms with Crippen molar-refractivity contribution >= 4 is 0 Å². The van der Waals surface area contributed by atoms with Crippen molar-refractivity contribution in [1.29, 1.82) is 0 Å². The fourth-order valence-electron chi connectivity index (χ4n) is 6.19. The van der Waals surface area contributed by atoms with E-state index < -0.39 is 0 Å². The molecule has 0 fully saturated rings. The van der Waals surface area contributed by atoms with Gasteiger partial charge in [0.25, 0.3) is 0 Å². The maximum Gasteiger partial charge on any atom is 0.0598 e. The third-order valence-electron chi connectivity index (χ3n) is 7.48. The van der Waals surface area contributed by atoms with E-state index >= 15 is 0 Å². The molecule has 0 spiro atoms. The van der Waals surface area contributed by atoms with Gasteiger partial charge in [0, 0.05) is 18.6 Å². The Hall–Kier alpha value is -1.64. The minimum atomic E-state index is -0.229. The Morgan fingerprint density at radius 2 is 1.19 bits per heavy atom. The Bertz CT molecular complexity index is 892. The molecule has 170 valence electrons. The van der Waals surface area contributed by atoms with Crippen LogP contribution < -0.4 is 0 Å². The first-order chi connectivity index (χ1) is 14.3. The number of hydrogen-bond acceptors (Lipinski definition) is 2. The van der Waals surface area contributed by atoms with Crippen molar-refractivity contribution in [3.63, 3.8) is 0 Å². The molecule has 31 heavy (non-hydrogen) atoms. The van der Waals surface area contributed by atoms with Crippen LogP contribution in [0.2, 0.25) is 0 Å². The highest BCUT2D eigenvalue weighted by Gasteiger charge is 2.60. The van der Waals surface area contributed by atoms with Gasteiger partial charge in [-0.15, -0.1) is 0 Å². The number of aliphatic hydroxyl groups excluding tert-OH is 1. The number of fused-ring (bicyclic) bond motifs is 3. The molecule has 0 aliphatic heterocycles. The van der Waals surface area contributed by atoms with Gasteiger partial charge in [0.05, 0.1) is 5.60 Å². The number of aryl methyl sites for hydroxylation is 2. The van der Waals surface area contributed by atoms with Crippen LogP contribution in [0.1, 0.15) is 83.6 Å². The minimum Gasteiger partial charge on any atom is -0.396 e. The van der Waals surface area contributed by atoms with Crippen molar-refractivity contribution in [2.75, 3.05) is 13.2 Å². The van der Waals surface area contributed by atoms with Gasteiger partial charge in [-0.3, -0.25) is 0 Å². The predicted molar refractivity (Wildman–Crippen MR) is 132 cm³/mol. The highest BCUT2D eigenvalue weighted by atomic mass is 16.5. The van der Waals surface area contributed by atoms with Crippen molar-refractivity contribution < 1.29 is 9.84 Å². The lowest BCUT2D eigenvalue weighted by molar-refractivity contribution is -0.0374.